The molecule has 0 unspecified atom stereocenters. The Bertz CT molecular complexity index is 2000. The van der Waals surface area contributed by atoms with Crippen molar-refractivity contribution in [2.24, 2.45) is 0 Å². The number of hydrogen-bond donors (Lipinski definition) is 0. The van der Waals surface area contributed by atoms with Gasteiger partial charge in [-0.05, 0) is 119 Å². The first-order valence-corrected chi connectivity index (χ1v) is 21.0. The number of carbonyl (C=O) groups excluding carboxylic acids is 2. The zero-order valence-corrected chi connectivity index (χ0v) is 33.5. The van der Waals surface area contributed by atoms with Crippen LogP contribution < -0.4 is 9.80 Å². The Kier molecular flexibility index (Phi) is 13.6. The highest BCUT2D eigenvalue weighted by Crippen LogP contribution is 2.32. The monoisotopic (exact) mass is 824 g/mol. The van der Waals surface area contributed by atoms with E-state index in [0.29, 0.717) is 12.8 Å². The van der Waals surface area contributed by atoms with Crippen LogP contribution in [-0.2, 0) is 38.3 Å². The lowest BCUT2D eigenvalue weighted by molar-refractivity contribution is -0.138. The Labute approximate surface area is 342 Å². The number of rotatable bonds is 11. The van der Waals surface area contributed by atoms with Crippen LogP contribution in [0.25, 0.3) is 0 Å². The Morgan fingerprint density at radius 2 is 0.814 bits per heavy atom. The maximum Gasteiger partial charge on any atom is 0.416 e. The molecule has 0 amide bonds. The predicted octanol–water partition coefficient (Wildman–Crippen LogP) is 8.87. The van der Waals surface area contributed by atoms with E-state index in [0.717, 1.165) is 170 Å². The lowest BCUT2D eigenvalue weighted by Crippen LogP contribution is -2.46. The molecule has 4 aromatic rings. The number of aromatic nitrogens is 2. The summed E-state index contributed by atoms with van der Waals surface area (Å²) in [4.78, 5) is 33.0. The molecule has 2 fully saturated rings. The second kappa shape index (κ2) is 18.8. The molecular formula is C45H54F6N6O2. The van der Waals surface area contributed by atoms with Gasteiger partial charge in [0.1, 0.15) is 0 Å². The number of halogens is 6. The van der Waals surface area contributed by atoms with Gasteiger partial charge in [0.25, 0.3) is 0 Å². The number of nitrogens with zero attached hydrogens (tertiary/aromatic N) is 6. The van der Waals surface area contributed by atoms with Gasteiger partial charge in [-0.2, -0.15) is 26.3 Å². The fraction of sp³-hybridized carbons (Fsp3) is 0.511. The molecule has 4 heterocycles. The smallest absolute Gasteiger partial charge is 0.369 e. The highest BCUT2D eigenvalue weighted by molar-refractivity contribution is 5.98. The third-order valence-corrected chi connectivity index (χ3v) is 12.3. The second-order valence-corrected chi connectivity index (χ2v) is 16.1. The number of ketones is 2. The van der Waals surface area contributed by atoms with Crippen LogP contribution in [-0.4, -0.2) is 95.9 Å². The third kappa shape index (κ3) is 10.8. The van der Waals surface area contributed by atoms with Crippen LogP contribution in [0.1, 0.15) is 88.2 Å². The van der Waals surface area contributed by atoms with Gasteiger partial charge >= 0.3 is 12.4 Å². The van der Waals surface area contributed by atoms with E-state index in [1.54, 1.807) is 24.3 Å². The SMILES string of the molecule is O=C1CCCc2c1ccn2CCCCN1CCN(c2ccc(C(F)(F)F)cc2)CC1.O=C1CCCc2c1ccn2CCCN1CCN(c2ccc(C(F)(F)F)cc2)CC1. The van der Waals surface area contributed by atoms with Crippen LogP contribution in [0.15, 0.2) is 73.1 Å². The molecule has 0 radical (unpaired) electrons. The van der Waals surface area contributed by atoms with E-state index in [1.807, 2.05) is 18.3 Å². The number of alkyl halides is 6. The summed E-state index contributed by atoms with van der Waals surface area (Å²) >= 11 is 0. The van der Waals surface area contributed by atoms with Gasteiger partial charge in [0.2, 0.25) is 0 Å². The minimum Gasteiger partial charge on any atom is -0.369 e. The van der Waals surface area contributed by atoms with E-state index in [4.69, 9.17) is 0 Å². The van der Waals surface area contributed by atoms with Crippen molar-refractivity contribution >= 4 is 22.9 Å². The van der Waals surface area contributed by atoms with Gasteiger partial charge in [0, 0.05) is 125 Å². The first-order chi connectivity index (χ1) is 28.3. The summed E-state index contributed by atoms with van der Waals surface area (Å²) in [6, 6.07) is 14.8. The molecule has 59 heavy (non-hydrogen) atoms. The molecule has 8 rings (SSSR count). The van der Waals surface area contributed by atoms with Crippen LogP contribution in [0.2, 0.25) is 0 Å². The Morgan fingerprint density at radius 1 is 0.441 bits per heavy atom. The minimum atomic E-state index is -4.29. The summed E-state index contributed by atoms with van der Waals surface area (Å²) in [5.41, 5.74) is 4.72. The number of piperazine rings is 2. The summed E-state index contributed by atoms with van der Waals surface area (Å²) in [6.07, 6.45) is 3.95. The van der Waals surface area contributed by atoms with Crippen molar-refractivity contribution in [3.05, 3.63) is 107 Å². The van der Waals surface area contributed by atoms with Crippen molar-refractivity contribution in [2.45, 2.75) is 83.2 Å². The van der Waals surface area contributed by atoms with Gasteiger partial charge in [-0.1, -0.05) is 0 Å². The minimum absolute atomic E-state index is 0.268. The van der Waals surface area contributed by atoms with Crippen molar-refractivity contribution < 1.29 is 35.9 Å². The zero-order chi connectivity index (χ0) is 41.6. The van der Waals surface area contributed by atoms with Crippen molar-refractivity contribution in [2.75, 3.05) is 75.2 Å². The quantitative estimate of drug-likeness (QED) is 0.111. The highest BCUT2D eigenvalue weighted by atomic mass is 19.4. The second-order valence-electron chi connectivity index (χ2n) is 16.1. The van der Waals surface area contributed by atoms with Gasteiger partial charge in [-0.25, -0.2) is 0 Å². The molecule has 2 aliphatic heterocycles. The zero-order valence-electron chi connectivity index (χ0n) is 33.5. The average Bonchev–Trinajstić information content (AvgIpc) is 3.85. The molecule has 0 atom stereocenters. The van der Waals surface area contributed by atoms with Crippen molar-refractivity contribution in [3.8, 4) is 0 Å². The third-order valence-electron chi connectivity index (χ3n) is 12.3. The van der Waals surface area contributed by atoms with Gasteiger partial charge in [-0.15, -0.1) is 0 Å². The number of unbranched alkanes of at least 4 members (excludes halogenated alkanes) is 1. The lowest BCUT2D eigenvalue weighted by atomic mass is 9.97. The van der Waals surface area contributed by atoms with E-state index < -0.39 is 23.5 Å². The van der Waals surface area contributed by atoms with Crippen molar-refractivity contribution in [1.82, 2.24) is 18.9 Å². The summed E-state index contributed by atoms with van der Waals surface area (Å²) < 4.78 is 80.7. The average molecular weight is 825 g/mol. The molecule has 0 N–H and O–H groups in total. The Morgan fingerprint density at radius 3 is 1.22 bits per heavy atom. The summed E-state index contributed by atoms with van der Waals surface area (Å²) in [5.74, 6) is 0.547. The van der Waals surface area contributed by atoms with Gasteiger partial charge in [-0.3, -0.25) is 19.4 Å². The summed E-state index contributed by atoms with van der Waals surface area (Å²) in [6.45, 7) is 10.9. The molecule has 4 aliphatic rings. The summed E-state index contributed by atoms with van der Waals surface area (Å²) in [5, 5.41) is 0. The van der Waals surface area contributed by atoms with Crippen LogP contribution in [0, 0.1) is 0 Å². The normalized spacial score (nSPS) is 18.1. The molecule has 0 saturated carbocycles. The fourth-order valence-corrected chi connectivity index (χ4v) is 8.86. The van der Waals surface area contributed by atoms with Crippen LogP contribution in [0.3, 0.4) is 0 Å². The van der Waals surface area contributed by atoms with Crippen LogP contribution in [0.4, 0.5) is 37.7 Å². The van der Waals surface area contributed by atoms with Crippen LogP contribution >= 0.6 is 0 Å². The molecule has 8 nitrogen and oxygen atoms in total. The van der Waals surface area contributed by atoms with Gasteiger partial charge in [0.15, 0.2) is 11.6 Å². The maximum absolute atomic E-state index is 12.7. The molecule has 14 heteroatoms. The number of Topliss-reactive ketones (excluding diaryl/α,β-unsaturated/α-hetero) is 2. The van der Waals surface area contributed by atoms with Gasteiger partial charge < -0.3 is 18.9 Å². The number of benzene rings is 2. The molecule has 2 aromatic carbocycles. The van der Waals surface area contributed by atoms with Gasteiger partial charge in [0.05, 0.1) is 11.1 Å². The molecule has 318 valence electrons. The number of fused-ring (bicyclic) bond motifs is 2. The number of hydrogen-bond acceptors (Lipinski definition) is 6. The van der Waals surface area contributed by atoms with E-state index in [-0.39, 0.29) is 11.6 Å². The van der Waals surface area contributed by atoms with Crippen LogP contribution in [0.5, 0.6) is 0 Å². The molecule has 2 saturated heterocycles. The lowest BCUT2D eigenvalue weighted by Gasteiger charge is -2.36. The predicted molar refractivity (Wildman–Crippen MR) is 217 cm³/mol. The van der Waals surface area contributed by atoms with E-state index >= 15 is 0 Å². The van der Waals surface area contributed by atoms with E-state index in [2.05, 4.69) is 34.9 Å². The first kappa shape index (κ1) is 42.6. The fourth-order valence-electron chi connectivity index (χ4n) is 8.86. The Hall–Kier alpha value is -4.56. The van der Waals surface area contributed by atoms with E-state index in [1.165, 1.54) is 11.4 Å². The Balaban J connectivity index is 0.000000179. The number of aryl methyl sites for hydroxylation is 2. The first-order valence-electron chi connectivity index (χ1n) is 21.0. The maximum atomic E-state index is 12.7. The molecular weight excluding hydrogens is 771 g/mol. The highest BCUT2D eigenvalue weighted by Gasteiger charge is 2.31. The molecule has 2 aliphatic carbocycles. The number of carbonyl (C=O) groups is 2. The summed E-state index contributed by atoms with van der Waals surface area (Å²) in [7, 11) is 0. The molecule has 0 bridgehead atoms. The number of anilines is 2. The molecule has 0 spiro atoms. The topological polar surface area (TPSA) is 57.0 Å². The van der Waals surface area contributed by atoms with E-state index in [9.17, 15) is 35.9 Å². The largest absolute Gasteiger partial charge is 0.416 e. The van der Waals surface area contributed by atoms with Crippen molar-refractivity contribution in [3.63, 3.8) is 0 Å². The standard InChI is InChI=1S/C23H28F3N3O.C22H26F3N3O/c24-23(25,26)18-6-8-19(9-7-18)28-16-14-27(15-17-28)11-1-2-12-29-13-10-20-21(29)4-3-5-22(20)30;23-22(24,25)17-5-7-18(8-6-17)27-15-13-26(14-16-27)10-2-11-28-12-9-19-20(28)3-1-4-21(19)29/h6-10,13H,1-5,11-12,14-17H2;5-9,12H,1-4,10-11,13-16H2. The molecule has 2 aromatic heterocycles. The van der Waals surface area contributed by atoms with Crippen molar-refractivity contribution in [1.29, 1.82) is 0 Å².